The number of benzene rings is 1. The van der Waals surface area contributed by atoms with E-state index in [9.17, 15) is 9.59 Å². The minimum atomic E-state index is -0.402. The van der Waals surface area contributed by atoms with Crippen molar-refractivity contribution in [3.05, 3.63) is 59.6 Å². The number of hydrogen-bond acceptors (Lipinski definition) is 6. The quantitative estimate of drug-likeness (QED) is 0.657. The van der Waals surface area contributed by atoms with E-state index in [0.29, 0.717) is 5.82 Å². The Balaban J connectivity index is 1.55. The van der Waals surface area contributed by atoms with Gasteiger partial charge in [0, 0.05) is 23.7 Å². The summed E-state index contributed by atoms with van der Waals surface area (Å²) in [6, 6.07) is 6.36. The second-order valence-corrected chi connectivity index (χ2v) is 8.04. The molecule has 0 saturated carbocycles. The van der Waals surface area contributed by atoms with Crippen LogP contribution in [-0.4, -0.2) is 33.2 Å². The minimum absolute atomic E-state index is 0.187. The van der Waals surface area contributed by atoms with Gasteiger partial charge in [0.2, 0.25) is 5.91 Å². The Labute approximate surface area is 180 Å². The molecule has 0 radical (unpaired) electrons. The van der Waals surface area contributed by atoms with Gasteiger partial charge >= 0.3 is 0 Å². The number of carbonyl (C=O) groups excluding carboxylic acids is 2. The zero-order valence-electron chi connectivity index (χ0n) is 17.4. The Bertz CT molecular complexity index is 1230. The molecule has 3 heterocycles. The van der Waals surface area contributed by atoms with E-state index in [2.05, 4.69) is 37.3 Å². The molecule has 7 heteroatoms. The fourth-order valence-electron chi connectivity index (χ4n) is 4.54. The first-order valence-electron chi connectivity index (χ1n) is 10.6. The van der Waals surface area contributed by atoms with Gasteiger partial charge in [-0.05, 0) is 67.9 Å². The highest BCUT2D eigenvalue weighted by Gasteiger charge is 2.28. The molecule has 156 valence electrons. The minimum Gasteiger partial charge on any atom is -0.325 e. The molecular weight excluding hydrogens is 390 g/mol. The van der Waals surface area contributed by atoms with Crippen LogP contribution in [0.1, 0.15) is 36.5 Å². The molecule has 1 aliphatic carbocycles. The second kappa shape index (κ2) is 7.91. The molecule has 0 unspecified atom stereocenters. The molecular formula is C24H23N5O2. The maximum atomic E-state index is 12.1. The molecule has 0 spiro atoms. The van der Waals surface area contributed by atoms with Crippen molar-refractivity contribution in [3.8, 4) is 0 Å². The third kappa shape index (κ3) is 3.67. The van der Waals surface area contributed by atoms with Crippen LogP contribution in [-0.2, 0) is 28.9 Å². The first-order valence-corrected chi connectivity index (χ1v) is 10.6. The third-order valence-electron chi connectivity index (χ3n) is 5.94. The van der Waals surface area contributed by atoms with Crippen LogP contribution in [0, 0.1) is 0 Å². The first kappa shape index (κ1) is 19.4. The van der Waals surface area contributed by atoms with Crippen LogP contribution in [0.25, 0.3) is 10.9 Å². The van der Waals surface area contributed by atoms with E-state index in [4.69, 9.17) is 0 Å². The van der Waals surface area contributed by atoms with E-state index in [1.54, 1.807) is 18.6 Å². The SMILES string of the molecule is CC(=O)C=CC(=O)Nc1cc2c(N3CCc4ccc5c(c43)CCCC5)ncnc2cn1. The highest BCUT2D eigenvalue weighted by atomic mass is 16.1. The number of carbonyl (C=O) groups is 2. The van der Waals surface area contributed by atoms with Crippen molar-refractivity contribution in [2.24, 2.45) is 0 Å². The van der Waals surface area contributed by atoms with Crippen molar-refractivity contribution >= 4 is 39.9 Å². The predicted octanol–water partition coefficient (Wildman–Crippen LogP) is 3.68. The van der Waals surface area contributed by atoms with Gasteiger partial charge in [-0.2, -0.15) is 0 Å². The van der Waals surface area contributed by atoms with Crippen LogP contribution in [0.4, 0.5) is 17.3 Å². The van der Waals surface area contributed by atoms with Crippen LogP contribution in [0.3, 0.4) is 0 Å². The van der Waals surface area contributed by atoms with Gasteiger partial charge in [0.15, 0.2) is 5.78 Å². The lowest BCUT2D eigenvalue weighted by Gasteiger charge is -2.26. The number of nitrogens with zero attached hydrogens (tertiary/aromatic N) is 4. The Morgan fingerprint density at radius 2 is 1.87 bits per heavy atom. The van der Waals surface area contributed by atoms with Crippen LogP contribution in [0.5, 0.6) is 0 Å². The molecule has 0 saturated heterocycles. The fraction of sp³-hybridized carbons (Fsp3) is 0.292. The molecule has 5 rings (SSSR count). The van der Waals surface area contributed by atoms with E-state index >= 15 is 0 Å². The molecule has 0 atom stereocenters. The predicted molar refractivity (Wildman–Crippen MR) is 120 cm³/mol. The van der Waals surface area contributed by atoms with Crippen LogP contribution >= 0.6 is 0 Å². The fourth-order valence-corrected chi connectivity index (χ4v) is 4.54. The van der Waals surface area contributed by atoms with Crippen LogP contribution in [0.15, 0.2) is 42.9 Å². The maximum Gasteiger partial charge on any atom is 0.249 e. The van der Waals surface area contributed by atoms with Gasteiger partial charge in [-0.3, -0.25) is 9.59 Å². The van der Waals surface area contributed by atoms with E-state index in [-0.39, 0.29) is 5.78 Å². The molecule has 7 nitrogen and oxygen atoms in total. The third-order valence-corrected chi connectivity index (χ3v) is 5.94. The van der Waals surface area contributed by atoms with Gasteiger partial charge in [-0.15, -0.1) is 0 Å². The van der Waals surface area contributed by atoms with Gasteiger partial charge in [0.05, 0.1) is 11.7 Å². The summed E-state index contributed by atoms with van der Waals surface area (Å²) >= 11 is 0. The number of fused-ring (bicyclic) bond motifs is 4. The van der Waals surface area contributed by atoms with E-state index in [1.165, 1.54) is 54.3 Å². The topological polar surface area (TPSA) is 88.1 Å². The lowest BCUT2D eigenvalue weighted by Crippen LogP contribution is -2.18. The number of amides is 1. The van der Waals surface area contributed by atoms with E-state index in [1.807, 2.05) is 0 Å². The number of aryl methyl sites for hydroxylation is 1. The highest BCUT2D eigenvalue weighted by Crippen LogP contribution is 2.42. The van der Waals surface area contributed by atoms with Gasteiger partial charge in [-0.1, -0.05) is 12.1 Å². The number of nitrogens with one attached hydrogen (secondary N) is 1. The molecule has 1 amide bonds. The van der Waals surface area contributed by atoms with Crippen molar-refractivity contribution in [3.63, 3.8) is 0 Å². The average Bonchev–Trinajstić information content (AvgIpc) is 3.22. The number of rotatable bonds is 4. The summed E-state index contributed by atoms with van der Waals surface area (Å²) in [5.41, 5.74) is 6.28. The van der Waals surface area contributed by atoms with Crippen molar-refractivity contribution in [2.45, 2.75) is 39.0 Å². The van der Waals surface area contributed by atoms with Gasteiger partial charge < -0.3 is 10.2 Å². The van der Waals surface area contributed by atoms with Crippen LogP contribution < -0.4 is 10.2 Å². The number of allylic oxidation sites excluding steroid dienone is 1. The van der Waals surface area contributed by atoms with Gasteiger partial charge in [-0.25, -0.2) is 15.0 Å². The van der Waals surface area contributed by atoms with Crippen LogP contribution in [0.2, 0.25) is 0 Å². The molecule has 1 aliphatic heterocycles. The highest BCUT2D eigenvalue weighted by molar-refractivity contribution is 6.04. The standard InChI is InChI=1S/C24H23N5O2/c1-15(30)6-9-22(31)28-21-12-19-20(13-25-21)26-14-27-24(19)29-11-10-17-8-7-16-4-2-3-5-18(16)23(17)29/h6-9,12-14H,2-5,10-11H2,1H3,(H,25,28,31). The average molecular weight is 413 g/mol. The number of ketones is 1. The maximum absolute atomic E-state index is 12.1. The Hall–Kier alpha value is -3.61. The van der Waals surface area contributed by atoms with Crippen molar-refractivity contribution < 1.29 is 9.59 Å². The normalized spacial score (nSPS) is 15.2. The lowest BCUT2D eigenvalue weighted by atomic mass is 9.88. The summed E-state index contributed by atoms with van der Waals surface area (Å²) in [6.45, 7) is 2.26. The molecule has 1 N–H and O–H groups in total. The molecule has 2 aliphatic rings. The van der Waals surface area contributed by atoms with Crippen molar-refractivity contribution in [1.82, 2.24) is 15.0 Å². The zero-order chi connectivity index (χ0) is 21.4. The van der Waals surface area contributed by atoms with Crippen molar-refractivity contribution in [2.75, 3.05) is 16.8 Å². The summed E-state index contributed by atoms with van der Waals surface area (Å²) in [5, 5.41) is 3.55. The molecule has 31 heavy (non-hydrogen) atoms. The van der Waals surface area contributed by atoms with Gasteiger partial charge in [0.1, 0.15) is 18.0 Å². The largest absolute Gasteiger partial charge is 0.325 e. The zero-order valence-corrected chi connectivity index (χ0v) is 17.4. The summed E-state index contributed by atoms with van der Waals surface area (Å²) in [5.74, 6) is 0.644. The molecule has 1 aromatic carbocycles. The molecule has 2 aromatic heterocycles. The smallest absolute Gasteiger partial charge is 0.249 e. The summed E-state index contributed by atoms with van der Waals surface area (Å²) in [6.07, 6.45) is 11.3. The molecule has 0 bridgehead atoms. The lowest BCUT2D eigenvalue weighted by molar-refractivity contribution is -0.114. The van der Waals surface area contributed by atoms with Crippen molar-refractivity contribution in [1.29, 1.82) is 0 Å². The molecule has 0 fully saturated rings. The Kier molecular flexibility index (Phi) is 4.94. The second-order valence-electron chi connectivity index (χ2n) is 8.04. The van der Waals surface area contributed by atoms with E-state index in [0.717, 1.165) is 42.5 Å². The Morgan fingerprint density at radius 3 is 2.74 bits per heavy atom. The Morgan fingerprint density at radius 1 is 1.03 bits per heavy atom. The monoisotopic (exact) mass is 413 g/mol. The number of aromatic nitrogens is 3. The number of hydrogen-bond donors (Lipinski definition) is 1. The first-order chi connectivity index (χ1) is 15.1. The van der Waals surface area contributed by atoms with Gasteiger partial charge in [0.25, 0.3) is 0 Å². The summed E-state index contributed by atoms with van der Waals surface area (Å²) < 4.78 is 0. The molecule has 3 aromatic rings. The summed E-state index contributed by atoms with van der Waals surface area (Å²) in [4.78, 5) is 38.7. The van der Waals surface area contributed by atoms with E-state index < -0.39 is 5.91 Å². The number of pyridine rings is 1. The number of anilines is 3. The summed E-state index contributed by atoms with van der Waals surface area (Å²) in [7, 11) is 0.